The zero-order valence-electron chi connectivity index (χ0n) is 32.8. The Balaban J connectivity index is 0.806. The lowest BCUT2D eigenvalue weighted by Crippen LogP contribution is -2.53. The fraction of sp³-hybridized carbons (Fsp3) is 0.476. The summed E-state index contributed by atoms with van der Waals surface area (Å²) in [7, 11) is 1.92. The van der Waals surface area contributed by atoms with Crippen LogP contribution in [0.1, 0.15) is 91.9 Å². The quantitative estimate of drug-likeness (QED) is 0.165. The van der Waals surface area contributed by atoms with Gasteiger partial charge in [0.05, 0.1) is 34.6 Å². The number of anilines is 4. The van der Waals surface area contributed by atoms with Crippen LogP contribution in [-0.4, -0.2) is 97.1 Å². The number of nitrogens with zero attached hydrogens (tertiary/aromatic N) is 9. The van der Waals surface area contributed by atoms with Crippen molar-refractivity contribution in [3.63, 3.8) is 0 Å². The molecule has 3 saturated heterocycles. The number of pyridine rings is 2. The number of aromatic nitrogens is 6. The minimum absolute atomic E-state index is 0.0192. The van der Waals surface area contributed by atoms with E-state index in [-0.39, 0.29) is 34.8 Å². The van der Waals surface area contributed by atoms with Crippen LogP contribution in [-0.2, 0) is 16.6 Å². The molecule has 1 aromatic carbocycles. The molecule has 1 atom stereocenters. The van der Waals surface area contributed by atoms with Gasteiger partial charge in [0.15, 0.2) is 5.78 Å². The second-order valence-electron chi connectivity index (χ2n) is 16.1. The predicted molar refractivity (Wildman–Crippen MR) is 218 cm³/mol. The second kappa shape index (κ2) is 15.0. The fourth-order valence-electron chi connectivity index (χ4n) is 9.59. The van der Waals surface area contributed by atoms with Crippen LogP contribution in [0.3, 0.4) is 0 Å². The van der Waals surface area contributed by atoms with Gasteiger partial charge in [-0.3, -0.25) is 38.6 Å². The van der Waals surface area contributed by atoms with Crippen LogP contribution in [0, 0.1) is 6.92 Å². The van der Waals surface area contributed by atoms with Crippen molar-refractivity contribution in [3.05, 3.63) is 69.9 Å². The Morgan fingerprint density at radius 3 is 2.26 bits per heavy atom. The van der Waals surface area contributed by atoms with E-state index in [1.807, 2.05) is 24.0 Å². The zero-order chi connectivity index (χ0) is 39.4. The first-order valence-electron chi connectivity index (χ1n) is 20.3. The highest BCUT2D eigenvalue weighted by Crippen LogP contribution is 2.35. The largest absolute Gasteiger partial charge is 0.371 e. The minimum Gasteiger partial charge on any atom is -0.371 e. The summed E-state index contributed by atoms with van der Waals surface area (Å²) < 4.78 is 3.58. The summed E-state index contributed by atoms with van der Waals surface area (Å²) in [6.07, 6.45) is 10.5. The first-order chi connectivity index (χ1) is 27.6. The van der Waals surface area contributed by atoms with Crippen LogP contribution >= 0.6 is 0 Å². The van der Waals surface area contributed by atoms with E-state index in [9.17, 15) is 19.2 Å². The number of carbonyl (C=O) groups excluding carboxylic acids is 3. The lowest BCUT2D eigenvalue weighted by atomic mass is 9.92. The van der Waals surface area contributed by atoms with Gasteiger partial charge in [0.1, 0.15) is 11.5 Å². The maximum atomic E-state index is 13.6. The van der Waals surface area contributed by atoms with E-state index in [0.29, 0.717) is 41.9 Å². The molecule has 4 aliphatic rings. The number of Topliss-reactive ketones (excluding diaryl/α,β-unsaturated/α-hetero) is 1. The normalized spacial score (nSPS) is 20.2. The molecular formula is C42H49N11O4. The number of amides is 2. The molecule has 9 rings (SSSR count). The first kappa shape index (κ1) is 36.9. The Morgan fingerprint density at radius 2 is 1.56 bits per heavy atom. The van der Waals surface area contributed by atoms with Crippen molar-refractivity contribution in [2.45, 2.75) is 83.2 Å². The average molecular weight is 772 g/mol. The topological polar surface area (TPSA) is 163 Å². The van der Waals surface area contributed by atoms with E-state index in [0.717, 1.165) is 105 Å². The summed E-state index contributed by atoms with van der Waals surface area (Å²) in [5.74, 6) is -0.135. The summed E-state index contributed by atoms with van der Waals surface area (Å²) in [6, 6.07) is 11.0. The van der Waals surface area contributed by atoms with Crippen LogP contribution < -0.4 is 26.0 Å². The van der Waals surface area contributed by atoms with Crippen molar-refractivity contribution in [3.8, 4) is 0 Å². The predicted octanol–water partition coefficient (Wildman–Crippen LogP) is 4.75. The number of nitrogens with one attached hydrogen (secondary N) is 2. The zero-order valence-corrected chi connectivity index (χ0v) is 32.8. The van der Waals surface area contributed by atoms with E-state index in [2.05, 4.69) is 54.6 Å². The summed E-state index contributed by atoms with van der Waals surface area (Å²) >= 11 is 0. The van der Waals surface area contributed by atoms with Gasteiger partial charge in [0, 0.05) is 87.5 Å². The Bertz CT molecular complexity index is 2440. The first-order valence-corrected chi connectivity index (χ1v) is 20.3. The number of hydrogen-bond acceptors (Lipinski definition) is 12. The third kappa shape index (κ3) is 6.91. The van der Waals surface area contributed by atoms with E-state index < -0.39 is 5.92 Å². The molecule has 57 heavy (non-hydrogen) atoms. The van der Waals surface area contributed by atoms with Gasteiger partial charge < -0.3 is 15.1 Å². The molecule has 3 aliphatic heterocycles. The smallest absolute Gasteiger partial charge is 0.263 e. The van der Waals surface area contributed by atoms with Crippen LogP contribution in [0.2, 0.25) is 0 Å². The highest BCUT2D eigenvalue weighted by Gasteiger charge is 2.33. The number of piperazine rings is 1. The van der Waals surface area contributed by atoms with Gasteiger partial charge in [-0.15, -0.1) is 0 Å². The Morgan fingerprint density at radius 1 is 0.825 bits per heavy atom. The number of ketones is 1. The lowest BCUT2D eigenvalue weighted by Gasteiger charge is -2.43. The molecule has 1 aliphatic carbocycles. The molecule has 296 valence electrons. The van der Waals surface area contributed by atoms with Crippen molar-refractivity contribution in [2.75, 3.05) is 54.4 Å². The Hall–Kier alpha value is -5.70. The Labute approximate surface area is 330 Å². The summed E-state index contributed by atoms with van der Waals surface area (Å²) in [6.45, 7) is 9.04. The van der Waals surface area contributed by atoms with Crippen molar-refractivity contribution in [1.82, 2.24) is 39.5 Å². The number of carbonyl (C=O) groups is 3. The number of piperidine rings is 2. The average Bonchev–Trinajstić information content (AvgIpc) is 3.86. The van der Waals surface area contributed by atoms with Gasteiger partial charge >= 0.3 is 0 Å². The van der Waals surface area contributed by atoms with Crippen LogP contribution in [0.4, 0.5) is 23.1 Å². The standard InChI is InChI=1S/C42H49N11O4/c1-25-33-24-44-42(47-39(33)53(28-6-4-5-7-28)41(57)37(25)26(2)54)45-35-12-9-30(23-43-35)52-20-18-51(19-21-52)27-14-16-50(17-15-27)29-8-10-31-34(22-29)49(3)48-38(31)32-11-13-36(55)46-40(32)56/h8-10,12,22-24,27-28,32H,4-7,11,13-21H2,1-3H3,(H,46,55,56)(H,43,44,45,47). The second-order valence-corrected chi connectivity index (χ2v) is 16.1. The van der Waals surface area contributed by atoms with E-state index in [1.54, 1.807) is 17.7 Å². The number of hydrogen-bond donors (Lipinski definition) is 2. The van der Waals surface area contributed by atoms with E-state index in [4.69, 9.17) is 15.1 Å². The minimum atomic E-state index is -0.405. The summed E-state index contributed by atoms with van der Waals surface area (Å²) in [5, 5.41) is 12.1. The third-order valence-electron chi connectivity index (χ3n) is 12.7. The number of aryl methyl sites for hydroxylation is 2. The molecule has 4 aromatic heterocycles. The molecule has 1 unspecified atom stereocenters. The van der Waals surface area contributed by atoms with Crippen LogP contribution in [0.25, 0.3) is 21.9 Å². The highest BCUT2D eigenvalue weighted by atomic mass is 16.2. The molecule has 7 heterocycles. The van der Waals surface area contributed by atoms with Gasteiger partial charge in [-0.1, -0.05) is 12.8 Å². The maximum absolute atomic E-state index is 13.6. The monoisotopic (exact) mass is 771 g/mol. The summed E-state index contributed by atoms with van der Waals surface area (Å²) in [4.78, 5) is 71.9. The van der Waals surface area contributed by atoms with Gasteiger partial charge in [0.2, 0.25) is 17.8 Å². The third-order valence-corrected chi connectivity index (χ3v) is 12.7. The summed E-state index contributed by atoms with van der Waals surface area (Å²) in [5.41, 5.74) is 5.13. The van der Waals surface area contributed by atoms with Crippen molar-refractivity contribution in [1.29, 1.82) is 0 Å². The molecule has 4 fully saturated rings. The van der Waals surface area contributed by atoms with Gasteiger partial charge in [-0.2, -0.15) is 10.1 Å². The molecule has 0 bridgehead atoms. The molecule has 1 saturated carbocycles. The molecule has 15 nitrogen and oxygen atoms in total. The molecule has 0 spiro atoms. The van der Waals surface area contributed by atoms with E-state index in [1.165, 1.54) is 12.6 Å². The number of benzene rings is 1. The lowest BCUT2D eigenvalue weighted by molar-refractivity contribution is -0.134. The fourth-order valence-corrected chi connectivity index (χ4v) is 9.59. The maximum Gasteiger partial charge on any atom is 0.263 e. The van der Waals surface area contributed by atoms with Crippen LogP contribution in [0.5, 0.6) is 0 Å². The van der Waals surface area contributed by atoms with E-state index >= 15 is 0 Å². The number of imide groups is 1. The highest BCUT2D eigenvalue weighted by molar-refractivity contribution is 6.03. The van der Waals surface area contributed by atoms with Gasteiger partial charge in [-0.05, 0) is 81.8 Å². The molecule has 2 N–H and O–H groups in total. The van der Waals surface area contributed by atoms with Crippen molar-refractivity contribution >= 4 is 62.7 Å². The SMILES string of the molecule is CC(=O)c1c(C)c2cnc(Nc3ccc(N4CCN(C5CCN(c6ccc7c(C8CCC(=O)NC8=O)nn(C)c7c6)CC5)CC4)cn3)nc2n(C2CCCC2)c1=O. The van der Waals surface area contributed by atoms with Gasteiger partial charge in [-0.25, -0.2) is 9.97 Å². The number of fused-ring (bicyclic) bond motifs is 2. The van der Waals surface area contributed by atoms with Crippen LogP contribution in [0.15, 0.2) is 47.5 Å². The molecule has 2 amide bonds. The van der Waals surface area contributed by atoms with Crippen molar-refractivity contribution < 1.29 is 14.4 Å². The number of rotatable bonds is 8. The van der Waals surface area contributed by atoms with Crippen molar-refractivity contribution in [2.24, 2.45) is 7.05 Å². The molecular weight excluding hydrogens is 723 g/mol. The molecule has 15 heteroatoms. The van der Waals surface area contributed by atoms with Gasteiger partial charge in [0.25, 0.3) is 5.56 Å². The molecule has 0 radical (unpaired) electrons. The Kier molecular flexibility index (Phi) is 9.71. The molecule has 5 aromatic rings.